The summed E-state index contributed by atoms with van der Waals surface area (Å²) in [6.45, 7) is 3.27. The van der Waals surface area contributed by atoms with E-state index in [9.17, 15) is 27.6 Å². The lowest BCUT2D eigenvalue weighted by atomic mass is 10.1. The fourth-order valence-corrected chi connectivity index (χ4v) is 3.65. The molecule has 0 aliphatic carbocycles. The van der Waals surface area contributed by atoms with Crippen LogP contribution in [0.25, 0.3) is 0 Å². The van der Waals surface area contributed by atoms with E-state index in [4.69, 9.17) is 4.74 Å². The predicted octanol–water partition coefficient (Wildman–Crippen LogP) is 4.21. The Labute approximate surface area is 169 Å². The lowest BCUT2D eigenvalue weighted by Crippen LogP contribution is -2.21. The van der Waals surface area contributed by atoms with Gasteiger partial charge in [0.2, 0.25) is 0 Å². The van der Waals surface area contributed by atoms with E-state index in [1.165, 1.54) is 4.90 Å². The van der Waals surface area contributed by atoms with Crippen LogP contribution in [0.1, 0.15) is 48.4 Å². The third-order valence-electron chi connectivity index (χ3n) is 3.93. The molecule has 0 spiro atoms. The Morgan fingerprint density at radius 2 is 1.72 bits per heavy atom. The Hall–Kier alpha value is -2.88. The van der Waals surface area contributed by atoms with Gasteiger partial charge in [-0.05, 0) is 43.7 Å². The van der Waals surface area contributed by atoms with Gasteiger partial charge in [-0.25, -0.2) is 4.79 Å². The molecule has 2 rings (SSSR count). The third kappa shape index (κ3) is 4.94. The number of thiophene rings is 1. The number of ether oxygens (including phenoxy) is 1. The van der Waals surface area contributed by atoms with Crippen LogP contribution in [-0.4, -0.2) is 43.4 Å². The molecule has 1 aromatic carbocycles. The number of nitrogens with one attached hydrogen (secondary N) is 1. The summed E-state index contributed by atoms with van der Waals surface area (Å²) in [5.74, 6) is -1.77. The van der Waals surface area contributed by atoms with Crippen LogP contribution in [0.15, 0.2) is 24.3 Å². The van der Waals surface area contributed by atoms with Crippen molar-refractivity contribution in [3.05, 3.63) is 51.4 Å². The van der Waals surface area contributed by atoms with Gasteiger partial charge in [0, 0.05) is 19.7 Å². The largest absolute Gasteiger partial charge is 0.462 e. The minimum atomic E-state index is -4.52. The number of amides is 2. The first-order valence-electron chi connectivity index (χ1n) is 8.48. The monoisotopic (exact) mass is 428 g/mol. The highest BCUT2D eigenvalue weighted by atomic mass is 32.1. The molecule has 29 heavy (non-hydrogen) atoms. The number of anilines is 1. The average molecular weight is 428 g/mol. The van der Waals surface area contributed by atoms with Crippen molar-refractivity contribution in [2.24, 2.45) is 0 Å². The van der Waals surface area contributed by atoms with Gasteiger partial charge in [-0.15, -0.1) is 11.3 Å². The van der Waals surface area contributed by atoms with Gasteiger partial charge >= 0.3 is 12.1 Å². The molecule has 0 saturated carbocycles. The lowest BCUT2D eigenvalue weighted by Gasteiger charge is -2.09. The first kappa shape index (κ1) is 22.4. The molecule has 10 heteroatoms. The quantitative estimate of drug-likeness (QED) is 0.724. The van der Waals surface area contributed by atoms with Crippen molar-refractivity contribution in [2.75, 3.05) is 26.0 Å². The molecule has 0 bridgehead atoms. The maximum Gasteiger partial charge on any atom is 0.416 e. The Kier molecular flexibility index (Phi) is 6.68. The molecule has 1 aromatic heterocycles. The molecule has 156 valence electrons. The number of alkyl halides is 3. The highest BCUT2D eigenvalue weighted by molar-refractivity contribution is 7.18. The summed E-state index contributed by atoms with van der Waals surface area (Å²) >= 11 is 0.903. The summed E-state index contributed by atoms with van der Waals surface area (Å²) < 4.78 is 43.1. The Morgan fingerprint density at radius 3 is 2.21 bits per heavy atom. The van der Waals surface area contributed by atoms with E-state index in [1.54, 1.807) is 27.9 Å². The smallest absolute Gasteiger partial charge is 0.416 e. The number of hydrogen-bond donors (Lipinski definition) is 1. The zero-order chi connectivity index (χ0) is 21.9. The normalized spacial score (nSPS) is 11.1. The molecule has 2 amide bonds. The van der Waals surface area contributed by atoms with Crippen LogP contribution in [0, 0.1) is 6.92 Å². The Bertz CT molecular complexity index is 934. The number of hydrogen-bond acceptors (Lipinski definition) is 5. The average Bonchev–Trinajstić information content (AvgIpc) is 2.96. The van der Waals surface area contributed by atoms with Crippen LogP contribution in [-0.2, 0) is 10.9 Å². The summed E-state index contributed by atoms with van der Waals surface area (Å²) in [5, 5.41) is 2.60. The second kappa shape index (κ2) is 8.64. The number of esters is 1. The molecule has 0 saturated heterocycles. The Morgan fingerprint density at radius 1 is 1.14 bits per heavy atom. The van der Waals surface area contributed by atoms with E-state index < -0.39 is 23.6 Å². The van der Waals surface area contributed by atoms with Crippen LogP contribution >= 0.6 is 11.3 Å². The molecule has 0 atom stereocenters. The number of halogens is 3. The SMILES string of the molecule is CCOC(=O)c1c(NC(=O)c2ccc(C(F)(F)F)cc2)sc(C(=O)N(C)C)c1C. The second-order valence-electron chi connectivity index (χ2n) is 6.21. The molecule has 0 radical (unpaired) electrons. The van der Waals surface area contributed by atoms with E-state index in [-0.39, 0.29) is 33.5 Å². The summed E-state index contributed by atoms with van der Waals surface area (Å²) in [4.78, 5) is 38.8. The number of rotatable bonds is 5. The molecule has 6 nitrogen and oxygen atoms in total. The number of carbonyl (C=O) groups excluding carboxylic acids is 3. The highest BCUT2D eigenvalue weighted by Crippen LogP contribution is 2.35. The molecule has 1 N–H and O–H groups in total. The minimum Gasteiger partial charge on any atom is -0.462 e. The van der Waals surface area contributed by atoms with Gasteiger partial charge in [-0.2, -0.15) is 13.2 Å². The van der Waals surface area contributed by atoms with E-state index in [2.05, 4.69) is 5.32 Å². The number of benzene rings is 1. The topological polar surface area (TPSA) is 75.7 Å². The van der Waals surface area contributed by atoms with Crippen molar-refractivity contribution in [3.63, 3.8) is 0 Å². The minimum absolute atomic E-state index is 0.0284. The molecule has 0 unspecified atom stereocenters. The zero-order valence-corrected chi connectivity index (χ0v) is 17.0. The van der Waals surface area contributed by atoms with Crippen molar-refractivity contribution in [2.45, 2.75) is 20.0 Å². The van der Waals surface area contributed by atoms with Gasteiger partial charge < -0.3 is 15.0 Å². The van der Waals surface area contributed by atoms with Crippen molar-refractivity contribution in [1.29, 1.82) is 0 Å². The first-order chi connectivity index (χ1) is 13.5. The van der Waals surface area contributed by atoms with Crippen LogP contribution < -0.4 is 5.32 Å². The molecule has 0 aliphatic rings. The molecule has 1 heterocycles. The lowest BCUT2D eigenvalue weighted by molar-refractivity contribution is -0.137. The zero-order valence-electron chi connectivity index (χ0n) is 16.1. The van der Waals surface area contributed by atoms with Crippen LogP contribution in [0.4, 0.5) is 18.2 Å². The molecular formula is C19H19F3N2O4S. The van der Waals surface area contributed by atoms with Gasteiger partial charge in [0.25, 0.3) is 11.8 Å². The van der Waals surface area contributed by atoms with Crippen LogP contribution in [0.2, 0.25) is 0 Å². The number of carbonyl (C=O) groups is 3. The van der Waals surface area contributed by atoms with Crippen molar-refractivity contribution >= 4 is 34.1 Å². The van der Waals surface area contributed by atoms with Crippen LogP contribution in [0.3, 0.4) is 0 Å². The molecule has 0 fully saturated rings. The van der Waals surface area contributed by atoms with Crippen molar-refractivity contribution in [3.8, 4) is 0 Å². The summed E-state index contributed by atoms with van der Waals surface area (Å²) in [5.41, 5.74) is -0.511. The number of nitrogens with zero attached hydrogens (tertiary/aromatic N) is 1. The maximum absolute atomic E-state index is 12.7. The van der Waals surface area contributed by atoms with E-state index >= 15 is 0 Å². The van der Waals surface area contributed by atoms with E-state index in [1.807, 2.05) is 0 Å². The van der Waals surface area contributed by atoms with Gasteiger partial charge in [-0.1, -0.05) is 0 Å². The maximum atomic E-state index is 12.7. The van der Waals surface area contributed by atoms with Crippen molar-refractivity contribution in [1.82, 2.24) is 4.90 Å². The molecule has 0 aliphatic heterocycles. The van der Waals surface area contributed by atoms with Crippen LogP contribution in [0.5, 0.6) is 0 Å². The summed E-state index contributed by atoms with van der Waals surface area (Å²) in [6, 6.07) is 3.66. The summed E-state index contributed by atoms with van der Waals surface area (Å²) in [7, 11) is 3.10. The third-order valence-corrected chi connectivity index (χ3v) is 5.12. The van der Waals surface area contributed by atoms with Gasteiger partial charge in [0.05, 0.1) is 22.6 Å². The predicted molar refractivity (Wildman–Crippen MR) is 102 cm³/mol. The van der Waals surface area contributed by atoms with Crippen molar-refractivity contribution < 1.29 is 32.3 Å². The Balaban J connectivity index is 2.40. The van der Waals surface area contributed by atoms with Gasteiger partial charge in [0.15, 0.2) is 0 Å². The summed E-state index contributed by atoms with van der Waals surface area (Å²) in [6.07, 6.45) is -4.52. The second-order valence-corrected chi connectivity index (χ2v) is 7.23. The first-order valence-corrected chi connectivity index (χ1v) is 9.29. The highest BCUT2D eigenvalue weighted by Gasteiger charge is 2.31. The van der Waals surface area contributed by atoms with E-state index in [0.717, 1.165) is 35.6 Å². The molecule has 2 aromatic rings. The van der Waals surface area contributed by atoms with Gasteiger partial charge in [-0.3, -0.25) is 9.59 Å². The standard InChI is InChI=1S/C19H19F3N2O4S/c1-5-28-18(27)13-10(2)14(17(26)24(3)4)29-16(13)23-15(25)11-6-8-12(9-7-11)19(20,21)22/h6-9H,5H2,1-4H3,(H,23,25). The fourth-order valence-electron chi connectivity index (χ4n) is 2.44. The molecular weight excluding hydrogens is 409 g/mol. The fraction of sp³-hybridized carbons (Fsp3) is 0.316. The van der Waals surface area contributed by atoms with Gasteiger partial charge in [0.1, 0.15) is 5.00 Å². The van der Waals surface area contributed by atoms with E-state index in [0.29, 0.717) is 5.56 Å².